The number of aryl methyl sites for hydroxylation is 1. The molecular weight excluding hydrogens is 247 g/mol. The smallest absolute Gasteiger partial charge is 0.146 e. The first-order chi connectivity index (χ1) is 8.81. The van der Waals surface area contributed by atoms with Gasteiger partial charge in [-0.2, -0.15) is 11.3 Å². The molecule has 1 atom stereocenters. The van der Waals surface area contributed by atoms with Crippen molar-refractivity contribution in [3.8, 4) is 0 Å². The number of nitrogens with one attached hydrogen (secondary N) is 1. The maximum atomic E-state index is 13.7. The van der Waals surface area contributed by atoms with Crippen molar-refractivity contribution >= 4 is 11.3 Å². The minimum atomic E-state index is -0.228. The molecule has 0 aromatic carbocycles. The van der Waals surface area contributed by atoms with Crippen molar-refractivity contribution in [1.82, 2.24) is 10.3 Å². The van der Waals surface area contributed by atoms with Crippen LogP contribution in [0.1, 0.15) is 30.6 Å². The van der Waals surface area contributed by atoms with E-state index in [0.29, 0.717) is 5.69 Å². The first-order valence-electron chi connectivity index (χ1n) is 6.16. The second kappa shape index (κ2) is 6.61. The zero-order chi connectivity index (χ0) is 12.8. The van der Waals surface area contributed by atoms with Gasteiger partial charge in [0.25, 0.3) is 0 Å². The van der Waals surface area contributed by atoms with E-state index < -0.39 is 0 Å². The molecule has 0 aliphatic carbocycles. The molecule has 0 aliphatic rings. The average Bonchev–Trinajstić information content (AvgIpc) is 2.88. The van der Waals surface area contributed by atoms with Gasteiger partial charge in [0.2, 0.25) is 0 Å². The maximum Gasteiger partial charge on any atom is 0.146 e. The number of nitrogens with zero attached hydrogens (tertiary/aromatic N) is 1. The molecule has 0 saturated carbocycles. The minimum Gasteiger partial charge on any atom is -0.309 e. The van der Waals surface area contributed by atoms with Crippen molar-refractivity contribution in [2.24, 2.45) is 0 Å². The molecule has 2 aromatic heterocycles. The maximum absolute atomic E-state index is 13.7. The van der Waals surface area contributed by atoms with E-state index in [9.17, 15) is 4.39 Å². The first-order valence-corrected chi connectivity index (χ1v) is 7.10. The summed E-state index contributed by atoms with van der Waals surface area (Å²) in [7, 11) is 0. The summed E-state index contributed by atoms with van der Waals surface area (Å²) in [5, 5.41) is 7.51. The third-order valence-electron chi connectivity index (χ3n) is 2.87. The van der Waals surface area contributed by atoms with Crippen LogP contribution in [0.4, 0.5) is 4.39 Å². The summed E-state index contributed by atoms with van der Waals surface area (Å²) in [4.78, 5) is 4.16. The predicted molar refractivity (Wildman–Crippen MR) is 73.3 cm³/mol. The lowest BCUT2D eigenvalue weighted by atomic mass is 10.0. The van der Waals surface area contributed by atoms with E-state index in [1.54, 1.807) is 23.6 Å². The summed E-state index contributed by atoms with van der Waals surface area (Å²) in [6.45, 7) is 2.84. The number of thiophene rings is 1. The summed E-state index contributed by atoms with van der Waals surface area (Å²) in [6, 6.07) is 5.19. The van der Waals surface area contributed by atoms with Crippen LogP contribution < -0.4 is 5.32 Å². The number of hydrogen-bond acceptors (Lipinski definition) is 3. The van der Waals surface area contributed by atoms with Gasteiger partial charge < -0.3 is 5.32 Å². The molecule has 2 nitrogen and oxygen atoms in total. The van der Waals surface area contributed by atoms with Crippen molar-refractivity contribution in [3.63, 3.8) is 0 Å². The summed E-state index contributed by atoms with van der Waals surface area (Å²) in [5.41, 5.74) is 1.83. The molecule has 2 aromatic rings. The molecule has 2 heterocycles. The molecule has 4 heteroatoms. The molecule has 0 saturated heterocycles. The van der Waals surface area contributed by atoms with Crippen LogP contribution in [0.3, 0.4) is 0 Å². The van der Waals surface area contributed by atoms with Gasteiger partial charge in [-0.1, -0.05) is 6.92 Å². The predicted octanol–water partition coefficient (Wildman–Crippen LogP) is 3.57. The Hall–Kier alpha value is -1.26. The fraction of sp³-hybridized carbons (Fsp3) is 0.357. The molecule has 1 N–H and O–H groups in total. The summed E-state index contributed by atoms with van der Waals surface area (Å²) < 4.78 is 13.7. The highest BCUT2D eigenvalue weighted by Crippen LogP contribution is 2.20. The first kappa shape index (κ1) is 13.2. The highest BCUT2D eigenvalue weighted by atomic mass is 32.1. The molecule has 96 valence electrons. The molecular formula is C14H17FN2S. The van der Waals surface area contributed by atoms with Gasteiger partial charge in [-0.15, -0.1) is 0 Å². The standard InChI is InChI=1S/C14H17FN2S/c1-2-16-13(6-5-11-7-9-18-10-11)14-12(15)4-3-8-17-14/h3-4,7-10,13,16H,2,5-6H2,1H3. The Bertz CT molecular complexity index is 470. The monoisotopic (exact) mass is 264 g/mol. The van der Waals surface area contributed by atoms with Crippen molar-refractivity contribution in [1.29, 1.82) is 0 Å². The molecule has 2 rings (SSSR count). The normalized spacial score (nSPS) is 12.6. The Morgan fingerprint density at radius 1 is 1.44 bits per heavy atom. The van der Waals surface area contributed by atoms with Crippen LogP contribution in [0.5, 0.6) is 0 Å². The van der Waals surface area contributed by atoms with Gasteiger partial charge in [-0.05, 0) is 53.9 Å². The number of hydrogen-bond donors (Lipinski definition) is 1. The number of rotatable bonds is 6. The Morgan fingerprint density at radius 3 is 3.00 bits per heavy atom. The molecule has 0 fully saturated rings. The molecule has 0 amide bonds. The van der Waals surface area contributed by atoms with E-state index in [1.165, 1.54) is 11.6 Å². The lowest BCUT2D eigenvalue weighted by molar-refractivity contribution is 0.471. The summed E-state index contributed by atoms with van der Waals surface area (Å²) in [6.07, 6.45) is 3.45. The van der Waals surface area contributed by atoms with Gasteiger partial charge >= 0.3 is 0 Å². The van der Waals surface area contributed by atoms with E-state index in [0.717, 1.165) is 19.4 Å². The van der Waals surface area contributed by atoms with Crippen LogP contribution in [0.15, 0.2) is 35.2 Å². The van der Waals surface area contributed by atoms with Gasteiger partial charge in [0.05, 0.1) is 11.7 Å². The Morgan fingerprint density at radius 2 is 2.33 bits per heavy atom. The summed E-state index contributed by atoms with van der Waals surface area (Å²) in [5.74, 6) is -0.228. The van der Waals surface area contributed by atoms with Crippen LogP contribution >= 0.6 is 11.3 Å². The largest absolute Gasteiger partial charge is 0.309 e. The van der Waals surface area contributed by atoms with Crippen molar-refractivity contribution in [2.45, 2.75) is 25.8 Å². The number of halogens is 1. The fourth-order valence-corrected chi connectivity index (χ4v) is 2.69. The number of aromatic nitrogens is 1. The van der Waals surface area contributed by atoms with Gasteiger partial charge in [-0.3, -0.25) is 4.98 Å². The van der Waals surface area contributed by atoms with Crippen LogP contribution in [-0.4, -0.2) is 11.5 Å². The van der Waals surface area contributed by atoms with Crippen molar-refractivity contribution < 1.29 is 4.39 Å². The summed E-state index contributed by atoms with van der Waals surface area (Å²) >= 11 is 1.69. The Labute approximate surface area is 111 Å². The van der Waals surface area contributed by atoms with Gasteiger partial charge in [-0.25, -0.2) is 4.39 Å². The van der Waals surface area contributed by atoms with Gasteiger partial charge in [0.1, 0.15) is 5.82 Å². The molecule has 18 heavy (non-hydrogen) atoms. The second-order valence-corrected chi connectivity index (χ2v) is 4.93. The van der Waals surface area contributed by atoms with E-state index >= 15 is 0 Å². The van der Waals surface area contributed by atoms with E-state index in [4.69, 9.17) is 0 Å². The molecule has 0 radical (unpaired) electrons. The zero-order valence-corrected chi connectivity index (χ0v) is 11.2. The minimum absolute atomic E-state index is 0.0175. The van der Waals surface area contributed by atoms with Crippen LogP contribution in [0, 0.1) is 5.82 Å². The molecule has 0 spiro atoms. The van der Waals surface area contributed by atoms with Gasteiger partial charge in [0.15, 0.2) is 0 Å². The number of pyridine rings is 1. The zero-order valence-electron chi connectivity index (χ0n) is 10.4. The average molecular weight is 264 g/mol. The van der Waals surface area contributed by atoms with Gasteiger partial charge in [0, 0.05) is 6.20 Å². The topological polar surface area (TPSA) is 24.9 Å². The van der Waals surface area contributed by atoms with Crippen molar-refractivity contribution in [3.05, 3.63) is 52.2 Å². The molecule has 0 bridgehead atoms. The quantitative estimate of drug-likeness (QED) is 0.863. The fourth-order valence-electron chi connectivity index (χ4n) is 1.98. The Kier molecular flexibility index (Phi) is 4.84. The molecule has 0 aliphatic heterocycles. The van der Waals surface area contributed by atoms with E-state index in [-0.39, 0.29) is 11.9 Å². The third-order valence-corrected chi connectivity index (χ3v) is 3.60. The lowest BCUT2D eigenvalue weighted by Crippen LogP contribution is -2.23. The second-order valence-electron chi connectivity index (χ2n) is 4.15. The van der Waals surface area contributed by atoms with E-state index in [1.807, 2.05) is 6.92 Å². The highest BCUT2D eigenvalue weighted by Gasteiger charge is 2.15. The van der Waals surface area contributed by atoms with Crippen LogP contribution in [0.25, 0.3) is 0 Å². The van der Waals surface area contributed by atoms with Crippen LogP contribution in [-0.2, 0) is 6.42 Å². The van der Waals surface area contributed by atoms with Crippen molar-refractivity contribution in [2.75, 3.05) is 6.54 Å². The SMILES string of the molecule is CCNC(CCc1ccsc1)c1ncccc1F. The lowest BCUT2D eigenvalue weighted by Gasteiger charge is -2.17. The highest BCUT2D eigenvalue weighted by molar-refractivity contribution is 7.07. The molecule has 1 unspecified atom stereocenters. The third kappa shape index (κ3) is 3.37. The van der Waals surface area contributed by atoms with Crippen LogP contribution in [0.2, 0.25) is 0 Å². The van der Waals surface area contributed by atoms with E-state index in [2.05, 4.69) is 27.1 Å². The Balaban J connectivity index is 2.06.